The van der Waals surface area contributed by atoms with E-state index in [-0.39, 0.29) is 11.9 Å². The highest BCUT2D eigenvalue weighted by atomic mass is 16.1. The van der Waals surface area contributed by atoms with Gasteiger partial charge in [-0.15, -0.1) is 0 Å². The highest BCUT2D eigenvalue weighted by Crippen LogP contribution is 2.10. The molecule has 98 valence electrons. The number of rotatable bonds is 4. The Morgan fingerprint density at radius 3 is 2.37 bits per heavy atom. The molecule has 1 atom stereocenters. The maximum absolute atomic E-state index is 12.0. The van der Waals surface area contributed by atoms with Crippen molar-refractivity contribution in [2.24, 2.45) is 0 Å². The second-order valence-electron chi connectivity index (χ2n) is 4.87. The molecule has 0 heterocycles. The van der Waals surface area contributed by atoms with Gasteiger partial charge in [0.2, 0.25) is 0 Å². The number of carbonyl (C=O) groups is 1. The average molecular weight is 253 g/mol. The molecular weight excluding hydrogens is 234 g/mol. The van der Waals surface area contributed by atoms with E-state index < -0.39 is 0 Å². The number of benzene rings is 2. The van der Waals surface area contributed by atoms with Crippen LogP contribution in [0.5, 0.6) is 0 Å². The van der Waals surface area contributed by atoms with Crippen molar-refractivity contribution < 1.29 is 4.79 Å². The first kappa shape index (κ1) is 13.3. The third-order valence-corrected chi connectivity index (χ3v) is 3.20. The fourth-order valence-corrected chi connectivity index (χ4v) is 2.12. The molecule has 0 radical (unpaired) electrons. The van der Waals surface area contributed by atoms with Crippen molar-refractivity contribution in [2.75, 3.05) is 0 Å². The van der Waals surface area contributed by atoms with E-state index in [9.17, 15) is 4.79 Å². The first-order valence-corrected chi connectivity index (χ1v) is 6.57. The molecule has 0 aliphatic heterocycles. The second kappa shape index (κ2) is 6.19. The molecule has 0 saturated carbocycles. The van der Waals surface area contributed by atoms with Crippen LogP contribution in [0.25, 0.3) is 0 Å². The molecule has 1 N–H and O–H groups in total. The Balaban J connectivity index is 1.97. The lowest BCUT2D eigenvalue weighted by Crippen LogP contribution is -2.34. The summed E-state index contributed by atoms with van der Waals surface area (Å²) in [5.74, 6) is -0.0123. The highest BCUT2D eigenvalue weighted by molar-refractivity contribution is 5.94. The smallest absolute Gasteiger partial charge is 0.251 e. The summed E-state index contributed by atoms with van der Waals surface area (Å²) in [4.78, 5) is 12.0. The standard InChI is InChI=1S/C17H19NO/c1-13-8-6-7-11-16(13)12-14(2)18-17(19)15-9-4-3-5-10-15/h3-11,14H,12H2,1-2H3,(H,18,19). The van der Waals surface area contributed by atoms with Crippen LogP contribution in [0, 0.1) is 6.92 Å². The van der Waals surface area contributed by atoms with Crippen molar-refractivity contribution >= 4 is 5.91 Å². The lowest BCUT2D eigenvalue weighted by atomic mass is 10.0. The van der Waals surface area contributed by atoms with E-state index in [1.807, 2.05) is 49.4 Å². The Morgan fingerprint density at radius 1 is 1.05 bits per heavy atom. The summed E-state index contributed by atoms with van der Waals surface area (Å²) in [5, 5.41) is 3.03. The monoisotopic (exact) mass is 253 g/mol. The van der Waals surface area contributed by atoms with Crippen LogP contribution in [-0.4, -0.2) is 11.9 Å². The van der Waals surface area contributed by atoms with Crippen LogP contribution in [-0.2, 0) is 6.42 Å². The van der Waals surface area contributed by atoms with Gasteiger partial charge in [-0.2, -0.15) is 0 Å². The molecule has 0 saturated heterocycles. The average Bonchev–Trinajstić information content (AvgIpc) is 2.42. The Labute approximate surface area is 114 Å². The van der Waals surface area contributed by atoms with E-state index in [4.69, 9.17) is 0 Å². The first-order valence-electron chi connectivity index (χ1n) is 6.57. The molecule has 2 aromatic rings. The van der Waals surface area contributed by atoms with Crippen molar-refractivity contribution in [3.05, 3.63) is 71.3 Å². The van der Waals surface area contributed by atoms with Crippen molar-refractivity contribution in [1.82, 2.24) is 5.32 Å². The molecular formula is C17H19NO. The predicted octanol–water partition coefficient (Wildman–Crippen LogP) is 3.36. The highest BCUT2D eigenvalue weighted by Gasteiger charge is 2.10. The van der Waals surface area contributed by atoms with Crippen molar-refractivity contribution in [3.63, 3.8) is 0 Å². The van der Waals surface area contributed by atoms with Crippen molar-refractivity contribution in [1.29, 1.82) is 0 Å². The number of hydrogen-bond donors (Lipinski definition) is 1. The SMILES string of the molecule is Cc1ccccc1CC(C)NC(=O)c1ccccc1. The largest absolute Gasteiger partial charge is 0.349 e. The molecule has 0 spiro atoms. The summed E-state index contributed by atoms with van der Waals surface area (Å²) >= 11 is 0. The molecule has 0 aliphatic carbocycles. The molecule has 2 nitrogen and oxygen atoms in total. The number of amides is 1. The number of nitrogens with one attached hydrogen (secondary N) is 1. The third kappa shape index (κ3) is 3.68. The Bertz CT molecular complexity index is 548. The van der Waals surface area contributed by atoms with E-state index >= 15 is 0 Å². The van der Waals surface area contributed by atoms with Gasteiger partial charge in [-0.1, -0.05) is 42.5 Å². The molecule has 1 unspecified atom stereocenters. The zero-order valence-electron chi connectivity index (χ0n) is 11.4. The molecule has 1 amide bonds. The van der Waals surface area contributed by atoms with Gasteiger partial charge in [-0.3, -0.25) is 4.79 Å². The van der Waals surface area contributed by atoms with Crippen LogP contribution in [0.3, 0.4) is 0 Å². The van der Waals surface area contributed by atoms with Crippen molar-refractivity contribution in [2.45, 2.75) is 26.3 Å². The maximum atomic E-state index is 12.0. The summed E-state index contributed by atoms with van der Waals surface area (Å²) in [6, 6.07) is 17.7. The molecule has 2 heteroatoms. The molecule has 0 fully saturated rings. The van der Waals surface area contributed by atoms with E-state index in [1.165, 1.54) is 11.1 Å². The van der Waals surface area contributed by atoms with Gasteiger partial charge in [0, 0.05) is 11.6 Å². The second-order valence-corrected chi connectivity index (χ2v) is 4.87. The van der Waals surface area contributed by atoms with Gasteiger partial charge in [-0.25, -0.2) is 0 Å². The topological polar surface area (TPSA) is 29.1 Å². The Kier molecular flexibility index (Phi) is 4.35. The van der Waals surface area contributed by atoms with E-state index in [1.54, 1.807) is 0 Å². The molecule has 19 heavy (non-hydrogen) atoms. The number of aryl methyl sites for hydroxylation is 1. The minimum Gasteiger partial charge on any atom is -0.349 e. The minimum absolute atomic E-state index is 0.0123. The van der Waals surface area contributed by atoms with Gasteiger partial charge >= 0.3 is 0 Å². The molecule has 0 bridgehead atoms. The summed E-state index contributed by atoms with van der Waals surface area (Å²) in [5.41, 5.74) is 3.26. The van der Waals surface area contributed by atoms with E-state index in [0.29, 0.717) is 5.56 Å². The van der Waals surface area contributed by atoms with Gasteiger partial charge in [0.25, 0.3) is 5.91 Å². The van der Waals surface area contributed by atoms with E-state index in [0.717, 1.165) is 6.42 Å². The zero-order chi connectivity index (χ0) is 13.7. The normalized spacial score (nSPS) is 11.9. The van der Waals surface area contributed by atoms with Crippen LogP contribution in [0.2, 0.25) is 0 Å². The van der Waals surface area contributed by atoms with Gasteiger partial charge in [0.15, 0.2) is 0 Å². The Morgan fingerprint density at radius 2 is 1.68 bits per heavy atom. The summed E-state index contributed by atoms with van der Waals surface area (Å²) in [6.07, 6.45) is 0.852. The quantitative estimate of drug-likeness (QED) is 0.889. The van der Waals surface area contributed by atoms with Gasteiger partial charge in [0.05, 0.1) is 0 Å². The molecule has 0 aromatic heterocycles. The van der Waals surface area contributed by atoms with Gasteiger partial charge < -0.3 is 5.32 Å². The lowest BCUT2D eigenvalue weighted by Gasteiger charge is -2.15. The first-order chi connectivity index (χ1) is 9.16. The predicted molar refractivity (Wildman–Crippen MR) is 78.3 cm³/mol. The number of carbonyl (C=O) groups excluding carboxylic acids is 1. The van der Waals surface area contributed by atoms with Crippen LogP contribution in [0.1, 0.15) is 28.4 Å². The fraction of sp³-hybridized carbons (Fsp3) is 0.235. The minimum atomic E-state index is -0.0123. The van der Waals surface area contributed by atoms with Crippen LogP contribution >= 0.6 is 0 Å². The number of hydrogen-bond acceptors (Lipinski definition) is 1. The van der Waals surface area contributed by atoms with Gasteiger partial charge in [0.1, 0.15) is 0 Å². The van der Waals surface area contributed by atoms with E-state index in [2.05, 4.69) is 24.4 Å². The van der Waals surface area contributed by atoms with Crippen LogP contribution in [0.4, 0.5) is 0 Å². The summed E-state index contributed by atoms with van der Waals surface area (Å²) < 4.78 is 0. The molecule has 2 aromatic carbocycles. The summed E-state index contributed by atoms with van der Waals surface area (Å²) in [7, 11) is 0. The zero-order valence-corrected chi connectivity index (χ0v) is 11.4. The van der Waals surface area contributed by atoms with Crippen LogP contribution in [0.15, 0.2) is 54.6 Å². The summed E-state index contributed by atoms with van der Waals surface area (Å²) in [6.45, 7) is 4.13. The third-order valence-electron chi connectivity index (χ3n) is 3.20. The Hall–Kier alpha value is -2.09. The lowest BCUT2D eigenvalue weighted by molar-refractivity contribution is 0.0940. The molecule has 2 rings (SSSR count). The van der Waals surface area contributed by atoms with Crippen LogP contribution < -0.4 is 5.32 Å². The van der Waals surface area contributed by atoms with Gasteiger partial charge in [-0.05, 0) is 43.5 Å². The maximum Gasteiger partial charge on any atom is 0.251 e. The fourth-order valence-electron chi connectivity index (χ4n) is 2.12. The molecule has 0 aliphatic rings. The van der Waals surface area contributed by atoms with Crippen molar-refractivity contribution in [3.8, 4) is 0 Å².